The minimum atomic E-state index is 0.157. The molecule has 0 bridgehead atoms. The van der Waals surface area contributed by atoms with E-state index in [0.717, 1.165) is 0 Å². The van der Waals surface area contributed by atoms with E-state index in [4.69, 9.17) is 0 Å². The molecule has 0 spiro atoms. The van der Waals surface area contributed by atoms with Crippen LogP contribution < -0.4 is 0 Å². The van der Waals surface area contributed by atoms with Gasteiger partial charge in [-0.15, -0.1) is 5.70 Å². The molecule has 0 amide bonds. The van der Waals surface area contributed by atoms with Crippen LogP contribution in [-0.4, -0.2) is 34.1 Å². The van der Waals surface area contributed by atoms with Crippen LogP contribution in [0.5, 0.6) is 0 Å². The van der Waals surface area contributed by atoms with Gasteiger partial charge in [0, 0.05) is 22.6 Å². The maximum Gasteiger partial charge on any atom is 0.0465 e. The van der Waals surface area contributed by atoms with Gasteiger partial charge in [0.05, 0.1) is 0 Å². The summed E-state index contributed by atoms with van der Waals surface area (Å²) in [6.45, 7) is 8.50. The molecule has 1 aliphatic heterocycles. The molecule has 1 aliphatic rings. The lowest BCUT2D eigenvalue weighted by Gasteiger charge is -1.95. The lowest BCUT2D eigenvalue weighted by molar-refractivity contribution is 0.594. The normalized spacial score (nSPS) is 18.2. The van der Waals surface area contributed by atoms with Crippen LogP contribution >= 0.6 is 0 Å². The van der Waals surface area contributed by atoms with Gasteiger partial charge >= 0.3 is 0 Å². The van der Waals surface area contributed by atoms with Crippen LogP contribution in [-0.2, 0) is 0 Å². The van der Waals surface area contributed by atoms with E-state index in [1.54, 1.807) is 0 Å². The van der Waals surface area contributed by atoms with E-state index in [-0.39, 0.29) is 9.52 Å². The zero-order valence-corrected chi connectivity index (χ0v) is 8.47. The quantitative estimate of drug-likeness (QED) is 0.330. The fraction of sp³-hybridized carbons (Fsp3) is 0.750. The second-order valence-corrected chi connectivity index (χ2v) is 4.96. The highest BCUT2D eigenvalue weighted by molar-refractivity contribution is 6.42. The standard InChI is InChI=1S/C8H17NSi/c1-8(2)7-10-6-5-9-3-4-9/h7H,3-6,10H2,1-2H3. The molecule has 0 atom stereocenters. The fourth-order valence-corrected chi connectivity index (χ4v) is 2.41. The van der Waals surface area contributed by atoms with Crippen molar-refractivity contribution in [2.24, 2.45) is 0 Å². The van der Waals surface area contributed by atoms with Gasteiger partial charge in [-0.2, -0.15) is 0 Å². The summed E-state index contributed by atoms with van der Waals surface area (Å²) in [5.41, 5.74) is 3.97. The lowest BCUT2D eigenvalue weighted by atomic mass is 10.4. The van der Waals surface area contributed by atoms with Crippen molar-refractivity contribution in [3.63, 3.8) is 0 Å². The van der Waals surface area contributed by atoms with Gasteiger partial charge in [-0.1, -0.05) is 5.57 Å². The summed E-state index contributed by atoms with van der Waals surface area (Å²) in [5.74, 6) is 0. The molecule has 58 valence electrons. The second-order valence-electron chi connectivity index (χ2n) is 3.27. The largest absolute Gasteiger partial charge is 0.301 e. The highest BCUT2D eigenvalue weighted by Gasteiger charge is 2.14. The summed E-state index contributed by atoms with van der Waals surface area (Å²) in [6, 6.07) is 1.48. The van der Waals surface area contributed by atoms with Crippen molar-refractivity contribution >= 4 is 9.52 Å². The molecule has 0 unspecified atom stereocenters. The monoisotopic (exact) mass is 155 g/mol. The summed E-state index contributed by atoms with van der Waals surface area (Å²) in [5, 5.41) is 0. The third kappa shape index (κ3) is 3.85. The third-order valence-electron chi connectivity index (χ3n) is 1.77. The molecule has 2 heteroatoms. The van der Waals surface area contributed by atoms with E-state index in [1.807, 2.05) is 0 Å². The highest BCUT2D eigenvalue weighted by Crippen LogP contribution is 2.03. The highest BCUT2D eigenvalue weighted by atomic mass is 28.2. The predicted molar refractivity (Wildman–Crippen MR) is 49.2 cm³/mol. The number of hydrogen-bond donors (Lipinski definition) is 0. The molecule has 1 heterocycles. The minimum Gasteiger partial charge on any atom is -0.301 e. The zero-order chi connectivity index (χ0) is 7.40. The number of nitrogens with zero attached hydrogens (tertiary/aromatic N) is 1. The minimum absolute atomic E-state index is 0.157. The van der Waals surface area contributed by atoms with Crippen molar-refractivity contribution in [3.8, 4) is 0 Å². The van der Waals surface area contributed by atoms with Gasteiger partial charge in [0.2, 0.25) is 0 Å². The van der Waals surface area contributed by atoms with E-state index in [9.17, 15) is 0 Å². The maximum absolute atomic E-state index is 2.51. The Morgan fingerprint density at radius 3 is 2.70 bits per heavy atom. The van der Waals surface area contributed by atoms with Crippen LogP contribution in [0.25, 0.3) is 0 Å². The van der Waals surface area contributed by atoms with E-state index in [0.29, 0.717) is 0 Å². The first kappa shape index (κ1) is 8.02. The topological polar surface area (TPSA) is 3.01 Å². The zero-order valence-electron chi connectivity index (χ0n) is 7.06. The van der Waals surface area contributed by atoms with E-state index in [1.165, 1.54) is 31.3 Å². The molecule has 0 N–H and O–H groups in total. The first-order valence-electron chi connectivity index (χ1n) is 4.15. The Bertz CT molecular complexity index is 123. The van der Waals surface area contributed by atoms with Crippen molar-refractivity contribution in [1.82, 2.24) is 4.90 Å². The Kier molecular flexibility index (Phi) is 3.16. The molecule has 0 saturated carbocycles. The summed E-state index contributed by atoms with van der Waals surface area (Å²) in [7, 11) is 0.157. The Balaban J connectivity index is 1.89. The van der Waals surface area contributed by atoms with Crippen LogP contribution in [0.2, 0.25) is 6.04 Å². The molecule has 0 radical (unpaired) electrons. The van der Waals surface area contributed by atoms with Gasteiger partial charge < -0.3 is 4.90 Å². The van der Waals surface area contributed by atoms with Gasteiger partial charge in [0.1, 0.15) is 0 Å². The first-order valence-corrected chi connectivity index (χ1v) is 5.96. The van der Waals surface area contributed by atoms with Gasteiger partial charge in [-0.25, -0.2) is 0 Å². The van der Waals surface area contributed by atoms with Crippen molar-refractivity contribution < 1.29 is 0 Å². The van der Waals surface area contributed by atoms with Gasteiger partial charge in [-0.05, 0) is 26.4 Å². The molecule has 1 saturated heterocycles. The SMILES string of the molecule is CC(C)=C[SiH2]CCN1CC1. The lowest BCUT2D eigenvalue weighted by Crippen LogP contribution is -2.01. The molecule has 0 aliphatic carbocycles. The smallest absolute Gasteiger partial charge is 0.0465 e. The Morgan fingerprint density at radius 1 is 1.50 bits per heavy atom. The third-order valence-corrected chi connectivity index (χ3v) is 3.60. The van der Waals surface area contributed by atoms with Crippen molar-refractivity contribution in [1.29, 1.82) is 0 Å². The molecule has 1 fully saturated rings. The molecule has 10 heavy (non-hydrogen) atoms. The van der Waals surface area contributed by atoms with E-state index < -0.39 is 0 Å². The fourth-order valence-electron chi connectivity index (χ4n) is 1.000. The van der Waals surface area contributed by atoms with Gasteiger partial charge in [-0.3, -0.25) is 0 Å². The first-order chi connectivity index (χ1) is 4.79. The summed E-state index contributed by atoms with van der Waals surface area (Å²) >= 11 is 0. The number of rotatable bonds is 4. The van der Waals surface area contributed by atoms with Crippen LogP contribution in [0.15, 0.2) is 11.3 Å². The van der Waals surface area contributed by atoms with Gasteiger partial charge in [0.15, 0.2) is 0 Å². The molecule has 0 aromatic rings. The van der Waals surface area contributed by atoms with E-state index >= 15 is 0 Å². The molecule has 0 aromatic heterocycles. The number of hydrogen-bond acceptors (Lipinski definition) is 1. The summed E-state index contributed by atoms with van der Waals surface area (Å²) in [6.07, 6.45) is 0. The summed E-state index contributed by atoms with van der Waals surface area (Å²) < 4.78 is 0. The van der Waals surface area contributed by atoms with Crippen LogP contribution in [0, 0.1) is 0 Å². The van der Waals surface area contributed by atoms with Crippen molar-refractivity contribution in [3.05, 3.63) is 11.3 Å². The molecular formula is C8H17NSi. The van der Waals surface area contributed by atoms with E-state index in [2.05, 4.69) is 24.4 Å². The maximum atomic E-state index is 2.51. The average molecular weight is 155 g/mol. The molecule has 1 nitrogen and oxygen atoms in total. The second kappa shape index (κ2) is 3.94. The predicted octanol–water partition coefficient (Wildman–Crippen LogP) is 0.813. The van der Waals surface area contributed by atoms with Crippen molar-refractivity contribution in [2.45, 2.75) is 19.9 Å². The van der Waals surface area contributed by atoms with Crippen LogP contribution in [0.1, 0.15) is 13.8 Å². The Labute approximate surface area is 65.9 Å². The molecular weight excluding hydrogens is 138 g/mol. The average Bonchev–Trinajstić information content (AvgIpc) is 2.62. The Hall–Kier alpha value is -0.0831. The van der Waals surface area contributed by atoms with Crippen molar-refractivity contribution in [2.75, 3.05) is 19.6 Å². The molecule has 1 rings (SSSR count). The molecule has 0 aromatic carbocycles. The van der Waals surface area contributed by atoms with Gasteiger partial charge in [0.25, 0.3) is 0 Å². The Morgan fingerprint density at radius 2 is 2.20 bits per heavy atom. The van der Waals surface area contributed by atoms with Crippen LogP contribution in [0.3, 0.4) is 0 Å². The van der Waals surface area contributed by atoms with Crippen LogP contribution in [0.4, 0.5) is 0 Å². The number of allylic oxidation sites excluding steroid dienone is 1. The summed E-state index contributed by atoms with van der Waals surface area (Å²) in [4.78, 5) is 2.51.